The molecule has 10 heteroatoms. The number of rotatable bonds is 11. The van der Waals surface area contributed by atoms with Crippen LogP contribution in [-0.4, -0.2) is 58.3 Å². The fraction of sp³-hybridized carbons (Fsp3) is 0.433. The third-order valence-corrected chi connectivity index (χ3v) is 11.5. The lowest BCUT2D eigenvalue weighted by Crippen LogP contribution is -2.46. The largest absolute Gasteiger partial charge is 0.467 e. The molecule has 3 atom stereocenters. The van der Waals surface area contributed by atoms with Gasteiger partial charge in [0.15, 0.2) is 14.1 Å². The Balaban J connectivity index is 1.54. The Morgan fingerprint density at radius 2 is 1.70 bits per heavy atom. The van der Waals surface area contributed by atoms with Gasteiger partial charge in [-0.1, -0.05) is 63.2 Å². The number of nitrogens with one attached hydrogen (secondary N) is 1. The van der Waals surface area contributed by atoms with Crippen molar-refractivity contribution in [2.24, 2.45) is 0 Å². The summed E-state index contributed by atoms with van der Waals surface area (Å²) in [4.78, 5) is 37.0. The molecule has 0 radical (unpaired) electrons. The van der Waals surface area contributed by atoms with Gasteiger partial charge in [0, 0.05) is 6.42 Å². The van der Waals surface area contributed by atoms with Crippen LogP contribution in [0.4, 0.5) is 4.79 Å². The van der Waals surface area contributed by atoms with E-state index in [9.17, 15) is 14.4 Å². The minimum Gasteiger partial charge on any atom is -0.467 e. The number of carbonyl (C=O) groups excluding carboxylic acids is 3. The summed E-state index contributed by atoms with van der Waals surface area (Å²) < 4.78 is 28.0. The molecule has 40 heavy (non-hydrogen) atoms. The Labute approximate surface area is 236 Å². The summed E-state index contributed by atoms with van der Waals surface area (Å²) in [6.07, 6.45) is 1.01. The zero-order chi connectivity index (χ0) is 29.3. The topological polar surface area (TPSA) is 109 Å². The first-order chi connectivity index (χ1) is 18.9. The van der Waals surface area contributed by atoms with Crippen LogP contribution < -0.4 is 10.1 Å². The van der Waals surface area contributed by atoms with Crippen molar-refractivity contribution in [1.82, 2.24) is 5.32 Å². The van der Waals surface area contributed by atoms with E-state index in [1.807, 2.05) is 30.3 Å². The minimum atomic E-state index is -2.04. The van der Waals surface area contributed by atoms with Gasteiger partial charge in [-0.15, -0.1) is 0 Å². The van der Waals surface area contributed by atoms with Crippen molar-refractivity contribution in [1.29, 1.82) is 0 Å². The molecule has 3 rings (SSSR count). The Hall–Kier alpha value is -3.47. The summed E-state index contributed by atoms with van der Waals surface area (Å²) in [7, 11) is -0.780. The molecule has 2 aromatic rings. The van der Waals surface area contributed by atoms with Crippen LogP contribution in [0.25, 0.3) is 0 Å². The van der Waals surface area contributed by atoms with Gasteiger partial charge in [0.1, 0.15) is 24.5 Å². The molecule has 0 fully saturated rings. The number of hydrogen-bond donors (Lipinski definition) is 1. The highest BCUT2D eigenvalue weighted by Crippen LogP contribution is 2.36. The van der Waals surface area contributed by atoms with Gasteiger partial charge in [0.05, 0.1) is 13.7 Å². The molecular weight excluding hydrogens is 530 g/mol. The van der Waals surface area contributed by atoms with Crippen LogP contribution >= 0.6 is 0 Å². The van der Waals surface area contributed by atoms with Crippen LogP contribution in [0.15, 0.2) is 66.7 Å². The first-order valence-electron chi connectivity index (χ1n) is 13.2. The van der Waals surface area contributed by atoms with E-state index in [2.05, 4.69) is 39.2 Å². The molecule has 2 aromatic carbocycles. The van der Waals surface area contributed by atoms with Crippen LogP contribution in [0.5, 0.6) is 5.75 Å². The van der Waals surface area contributed by atoms with Gasteiger partial charge in [0.2, 0.25) is 6.29 Å². The van der Waals surface area contributed by atoms with E-state index in [-0.39, 0.29) is 30.5 Å². The maximum atomic E-state index is 12.4. The highest BCUT2D eigenvalue weighted by molar-refractivity contribution is 6.74. The zero-order valence-electron chi connectivity index (χ0n) is 24.0. The van der Waals surface area contributed by atoms with Gasteiger partial charge in [0.25, 0.3) is 0 Å². The first-order valence-corrected chi connectivity index (χ1v) is 16.1. The number of hydrogen-bond acceptors (Lipinski definition) is 8. The molecule has 0 bridgehead atoms. The maximum absolute atomic E-state index is 12.4. The molecule has 216 valence electrons. The van der Waals surface area contributed by atoms with Gasteiger partial charge in [-0.2, -0.15) is 0 Å². The molecule has 1 aliphatic heterocycles. The van der Waals surface area contributed by atoms with Crippen molar-refractivity contribution in [2.45, 2.75) is 70.4 Å². The molecule has 1 amide bonds. The fourth-order valence-electron chi connectivity index (χ4n) is 3.56. The summed E-state index contributed by atoms with van der Waals surface area (Å²) in [5.74, 6) is -0.229. The third-order valence-electron chi connectivity index (χ3n) is 7.04. The van der Waals surface area contributed by atoms with E-state index in [1.54, 1.807) is 30.3 Å². The lowest BCUT2D eigenvalue weighted by molar-refractivity contribution is -0.147. The van der Waals surface area contributed by atoms with E-state index in [1.165, 1.54) is 13.2 Å². The van der Waals surface area contributed by atoms with E-state index >= 15 is 0 Å². The van der Waals surface area contributed by atoms with Gasteiger partial charge in [-0.3, -0.25) is 4.79 Å². The number of esters is 1. The molecular formula is C30H39NO8Si. The highest BCUT2D eigenvalue weighted by Gasteiger charge is 2.39. The summed E-state index contributed by atoms with van der Waals surface area (Å²) in [5.41, 5.74) is 1.60. The Kier molecular flexibility index (Phi) is 10.7. The van der Waals surface area contributed by atoms with Crippen LogP contribution in [0.2, 0.25) is 18.1 Å². The van der Waals surface area contributed by atoms with Gasteiger partial charge in [-0.05, 0) is 53.5 Å². The summed E-state index contributed by atoms with van der Waals surface area (Å²) >= 11 is 0. The van der Waals surface area contributed by atoms with Crippen LogP contribution in [-0.2, 0) is 41.3 Å². The zero-order valence-corrected chi connectivity index (χ0v) is 25.0. The molecule has 1 aliphatic rings. The monoisotopic (exact) mass is 569 g/mol. The lowest BCUT2D eigenvalue weighted by Gasteiger charge is -2.37. The molecule has 0 aliphatic carbocycles. The van der Waals surface area contributed by atoms with E-state index < -0.39 is 38.8 Å². The molecule has 0 spiro atoms. The van der Waals surface area contributed by atoms with E-state index in [4.69, 9.17) is 23.4 Å². The standard InChI is InChI=1S/C30H39NO8Si/c1-30(2,3)40(5,6)37-20-26-25(32)16-17-27(39-26)38-23-14-12-21(13-15-23)18-24(28(33)35-4)31-29(34)36-19-22-10-8-7-9-11-22/h7-17,24,26-27H,18-20H2,1-6H3,(H,31,34)/t24-,26-,27-/m0/s1. The number of methoxy groups -OCH3 is 1. The van der Waals surface area contributed by atoms with Gasteiger partial charge >= 0.3 is 12.1 Å². The minimum absolute atomic E-state index is 0.0169. The molecule has 0 unspecified atom stereocenters. The number of ketones is 1. The summed E-state index contributed by atoms with van der Waals surface area (Å²) in [6, 6.07) is 15.3. The first kappa shape index (κ1) is 31.1. The summed E-state index contributed by atoms with van der Waals surface area (Å²) in [6.45, 7) is 10.9. The second-order valence-electron chi connectivity index (χ2n) is 11.1. The predicted molar refractivity (Wildman–Crippen MR) is 152 cm³/mol. The summed E-state index contributed by atoms with van der Waals surface area (Å²) in [5, 5.41) is 2.59. The number of ether oxygens (including phenoxy) is 4. The van der Waals surface area contributed by atoms with Crippen molar-refractivity contribution < 1.29 is 37.8 Å². The van der Waals surface area contributed by atoms with Crippen molar-refractivity contribution in [3.05, 3.63) is 77.9 Å². The smallest absolute Gasteiger partial charge is 0.408 e. The lowest BCUT2D eigenvalue weighted by atomic mass is 10.1. The normalized spacial score (nSPS) is 18.1. The van der Waals surface area contributed by atoms with Crippen molar-refractivity contribution in [2.75, 3.05) is 13.7 Å². The molecule has 0 saturated heterocycles. The van der Waals surface area contributed by atoms with Crippen molar-refractivity contribution in [3.63, 3.8) is 0 Å². The second kappa shape index (κ2) is 13.7. The molecule has 0 aromatic heterocycles. The average molecular weight is 570 g/mol. The number of amides is 1. The van der Waals surface area contributed by atoms with Gasteiger partial charge < -0.3 is 28.7 Å². The Bertz CT molecular complexity index is 1170. The SMILES string of the molecule is COC(=O)[C@H](Cc1ccc(O[C@@H]2C=CC(=O)[C@H](CO[Si](C)(C)C(C)(C)C)O2)cc1)NC(=O)OCc1ccccc1. The van der Waals surface area contributed by atoms with Crippen LogP contribution in [0.1, 0.15) is 31.9 Å². The average Bonchev–Trinajstić information content (AvgIpc) is 2.92. The Morgan fingerprint density at radius 3 is 2.33 bits per heavy atom. The highest BCUT2D eigenvalue weighted by atomic mass is 28.4. The third kappa shape index (κ3) is 9.04. The van der Waals surface area contributed by atoms with E-state index in [0.717, 1.165) is 11.1 Å². The molecule has 0 saturated carbocycles. The second-order valence-corrected chi connectivity index (χ2v) is 15.9. The Morgan fingerprint density at radius 1 is 1.02 bits per heavy atom. The van der Waals surface area contributed by atoms with Crippen LogP contribution in [0.3, 0.4) is 0 Å². The van der Waals surface area contributed by atoms with Crippen molar-refractivity contribution in [3.8, 4) is 5.75 Å². The number of carbonyl (C=O) groups is 3. The number of alkyl carbamates (subject to hydrolysis) is 1. The van der Waals surface area contributed by atoms with Gasteiger partial charge in [-0.25, -0.2) is 9.59 Å². The molecule has 9 nitrogen and oxygen atoms in total. The van der Waals surface area contributed by atoms with Crippen molar-refractivity contribution >= 4 is 26.2 Å². The van der Waals surface area contributed by atoms with E-state index in [0.29, 0.717) is 5.75 Å². The quantitative estimate of drug-likeness (QED) is 0.299. The maximum Gasteiger partial charge on any atom is 0.408 e. The predicted octanol–water partition coefficient (Wildman–Crippen LogP) is 4.95. The number of benzene rings is 2. The van der Waals surface area contributed by atoms with Crippen LogP contribution in [0, 0.1) is 0 Å². The molecule has 1 N–H and O–H groups in total. The fourth-order valence-corrected chi connectivity index (χ4v) is 4.56. The molecule has 1 heterocycles.